The van der Waals surface area contributed by atoms with Gasteiger partial charge in [0.1, 0.15) is 5.54 Å². The Morgan fingerprint density at radius 1 is 1.44 bits per heavy atom. The van der Waals surface area contributed by atoms with Crippen molar-refractivity contribution in [2.45, 2.75) is 45.2 Å². The molecule has 0 radical (unpaired) electrons. The molecule has 0 aromatic carbocycles. The monoisotopic (exact) mass is 229 g/mol. The van der Waals surface area contributed by atoms with Crippen molar-refractivity contribution in [3.8, 4) is 0 Å². The SMILES string of the molecule is CCOC(=O)C(C)(C)N(C)C1CCOCC1. The van der Waals surface area contributed by atoms with Gasteiger partial charge in [0.05, 0.1) is 6.61 Å². The van der Waals surface area contributed by atoms with Crippen molar-refractivity contribution in [1.29, 1.82) is 0 Å². The number of carbonyl (C=O) groups is 1. The Balaban J connectivity index is 2.61. The first-order chi connectivity index (χ1) is 7.50. The second-order valence-electron chi connectivity index (χ2n) is 4.73. The third-order valence-electron chi connectivity index (χ3n) is 3.40. The van der Waals surface area contributed by atoms with Crippen LogP contribution in [0.4, 0.5) is 0 Å². The van der Waals surface area contributed by atoms with E-state index in [-0.39, 0.29) is 5.97 Å². The molecule has 0 N–H and O–H groups in total. The number of ether oxygens (including phenoxy) is 2. The Hall–Kier alpha value is -0.610. The summed E-state index contributed by atoms with van der Waals surface area (Å²) in [5, 5.41) is 0. The van der Waals surface area contributed by atoms with Crippen LogP contribution in [0, 0.1) is 0 Å². The largest absolute Gasteiger partial charge is 0.465 e. The van der Waals surface area contributed by atoms with Gasteiger partial charge in [0.25, 0.3) is 0 Å². The van der Waals surface area contributed by atoms with Crippen LogP contribution in [0.3, 0.4) is 0 Å². The molecular weight excluding hydrogens is 206 g/mol. The number of carbonyl (C=O) groups excluding carboxylic acids is 1. The second-order valence-corrected chi connectivity index (χ2v) is 4.73. The first kappa shape index (κ1) is 13.5. The number of likely N-dealkylation sites (N-methyl/N-ethyl adjacent to an activating group) is 1. The highest BCUT2D eigenvalue weighted by Gasteiger charge is 2.37. The molecule has 1 fully saturated rings. The van der Waals surface area contributed by atoms with Crippen molar-refractivity contribution >= 4 is 5.97 Å². The lowest BCUT2D eigenvalue weighted by Gasteiger charge is -2.40. The molecule has 1 rings (SSSR count). The van der Waals surface area contributed by atoms with E-state index in [1.165, 1.54) is 0 Å². The molecular formula is C12H23NO3. The summed E-state index contributed by atoms with van der Waals surface area (Å²) < 4.78 is 10.4. The van der Waals surface area contributed by atoms with Crippen LogP contribution in [0.5, 0.6) is 0 Å². The van der Waals surface area contributed by atoms with Crippen LogP contribution in [0.15, 0.2) is 0 Å². The van der Waals surface area contributed by atoms with Crippen molar-refractivity contribution in [3.63, 3.8) is 0 Å². The van der Waals surface area contributed by atoms with Gasteiger partial charge in [-0.3, -0.25) is 9.69 Å². The molecule has 0 unspecified atom stereocenters. The Bertz CT molecular complexity index is 234. The van der Waals surface area contributed by atoms with Crippen LogP contribution in [0.1, 0.15) is 33.6 Å². The van der Waals surface area contributed by atoms with Crippen molar-refractivity contribution in [2.24, 2.45) is 0 Å². The summed E-state index contributed by atoms with van der Waals surface area (Å²) in [5.74, 6) is -0.149. The van der Waals surface area contributed by atoms with Crippen molar-refractivity contribution in [1.82, 2.24) is 4.90 Å². The molecule has 0 spiro atoms. The molecule has 94 valence electrons. The number of hydrogen-bond donors (Lipinski definition) is 0. The normalized spacial score (nSPS) is 18.8. The highest BCUT2D eigenvalue weighted by atomic mass is 16.5. The predicted molar refractivity (Wildman–Crippen MR) is 62.3 cm³/mol. The van der Waals surface area contributed by atoms with E-state index in [0.29, 0.717) is 12.6 Å². The van der Waals surface area contributed by atoms with Crippen molar-refractivity contribution in [3.05, 3.63) is 0 Å². The Morgan fingerprint density at radius 2 is 2.00 bits per heavy atom. The van der Waals surface area contributed by atoms with E-state index in [2.05, 4.69) is 4.90 Å². The molecule has 1 aliphatic rings. The molecule has 0 saturated carbocycles. The van der Waals surface area contributed by atoms with E-state index >= 15 is 0 Å². The molecule has 1 aliphatic heterocycles. The average molecular weight is 229 g/mol. The highest BCUT2D eigenvalue weighted by molar-refractivity contribution is 5.79. The Morgan fingerprint density at radius 3 is 2.50 bits per heavy atom. The summed E-state index contributed by atoms with van der Waals surface area (Å²) in [6.07, 6.45) is 1.97. The maximum absolute atomic E-state index is 11.9. The summed E-state index contributed by atoms with van der Waals surface area (Å²) >= 11 is 0. The van der Waals surface area contributed by atoms with Gasteiger partial charge in [0.15, 0.2) is 0 Å². The summed E-state index contributed by atoms with van der Waals surface area (Å²) in [6.45, 7) is 7.68. The highest BCUT2D eigenvalue weighted by Crippen LogP contribution is 2.23. The minimum absolute atomic E-state index is 0.149. The summed E-state index contributed by atoms with van der Waals surface area (Å²) in [4.78, 5) is 14.0. The van der Waals surface area contributed by atoms with Crippen molar-refractivity contribution in [2.75, 3.05) is 26.9 Å². The van der Waals surface area contributed by atoms with Gasteiger partial charge in [-0.1, -0.05) is 0 Å². The Labute approximate surface area is 97.9 Å². The Kier molecular flexibility index (Phi) is 4.74. The molecule has 0 amide bonds. The molecule has 0 aromatic heterocycles. The lowest BCUT2D eigenvalue weighted by molar-refractivity contribution is -0.157. The molecule has 4 nitrogen and oxygen atoms in total. The third-order valence-corrected chi connectivity index (χ3v) is 3.40. The lowest BCUT2D eigenvalue weighted by Crippen LogP contribution is -2.54. The molecule has 0 atom stereocenters. The molecule has 16 heavy (non-hydrogen) atoms. The molecule has 4 heteroatoms. The summed E-state index contributed by atoms with van der Waals surface area (Å²) in [5.41, 5.74) is -0.558. The van der Waals surface area contributed by atoms with E-state index in [1.807, 2.05) is 27.8 Å². The minimum Gasteiger partial charge on any atom is -0.465 e. The van der Waals surface area contributed by atoms with Crippen LogP contribution in [-0.2, 0) is 14.3 Å². The van der Waals surface area contributed by atoms with Gasteiger partial charge in [-0.15, -0.1) is 0 Å². The van der Waals surface area contributed by atoms with Crippen molar-refractivity contribution < 1.29 is 14.3 Å². The second kappa shape index (κ2) is 5.64. The van der Waals surface area contributed by atoms with Gasteiger partial charge in [0.2, 0.25) is 0 Å². The first-order valence-corrected chi connectivity index (χ1v) is 5.98. The predicted octanol–water partition coefficient (Wildman–Crippen LogP) is 1.44. The lowest BCUT2D eigenvalue weighted by atomic mass is 9.97. The molecule has 0 bridgehead atoms. The summed E-state index contributed by atoms with van der Waals surface area (Å²) in [7, 11) is 1.99. The molecule has 0 aliphatic carbocycles. The maximum Gasteiger partial charge on any atom is 0.325 e. The van der Waals surface area contributed by atoms with Gasteiger partial charge < -0.3 is 9.47 Å². The topological polar surface area (TPSA) is 38.8 Å². The molecule has 1 saturated heterocycles. The smallest absolute Gasteiger partial charge is 0.325 e. The average Bonchev–Trinajstić information content (AvgIpc) is 2.29. The van der Waals surface area contributed by atoms with Crippen LogP contribution in [0.2, 0.25) is 0 Å². The van der Waals surface area contributed by atoms with Gasteiger partial charge in [-0.25, -0.2) is 0 Å². The molecule has 1 heterocycles. The fourth-order valence-electron chi connectivity index (χ4n) is 1.98. The van der Waals surface area contributed by atoms with E-state index in [1.54, 1.807) is 0 Å². The van der Waals surface area contributed by atoms with E-state index in [0.717, 1.165) is 26.1 Å². The van der Waals surface area contributed by atoms with Gasteiger partial charge in [-0.05, 0) is 40.7 Å². The number of rotatable bonds is 4. The third kappa shape index (κ3) is 2.95. The first-order valence-electron chi connectivity index (χ1n) is 5.98. The summed E-state index contributed by atoms with van der Waals surface area (Å²) in [6, 6.07) is 0.410. The minimum atomic E-state index is -0.558. The van der Waals surface area contributed by atoms with Crippen LogP contribution in [0.25, 0.3) is 0 Å². The van der Waals surface area contributed by atoms with Crippen LogP contribution >= 0.6 is 0 Å². The van der Waals surface area contributed by atoms with Gasteiger partial charge in [-0.2, -0.15) is 0 Å². The van der Waals surface area contributed by atoms with Gasteiger partial charge in [0, 0.05) is 19.3 Å². The zero-order chi connectivity index (χ0) is 12.2. The standard InChI is InChI=1S/C12H23NO3/c1-5-16-11(14)12(2,3)13(4)10-6-8-15-9-7-10/h10H,5-9H2,1-4H3. The van der Waals surface area contributed by atoms with Gasteiger partial charge >= 0.3 is 5.97 Å². The number of esters is 1. The zero-order valence-electron chi connectivity index (χ0n) is 10.8. The maximum atomic E-state index is 11.9. The fraction of sp³-hybridized carbons (Fsp3) is 0.917. The van der Waals surface area contributed by atoms with E-state index < -0.39 is 5.54 Å². The zero-order valence-corrected chi connectivity index (χ0v) is 10.8. The fourth-order valence-corrected chi connectivity index (χ4v) is 1.98. The number of hydrogen-bond acceptors (Lipinski definition) is 4. The molecule has 0 aromatic rings. The van der Waals surface area contributed by atoms with E-state index in [4.69, 9.17) is 9.47 Å². The van der Waals surface area contributed by atoms with Crippen LogP contribution < -0.4 is 0 Å². The number of nitrogens with zero attached hydrogens (tertiary/aromatic N) is 1. The van der Waals surface area contributed by atoms with Crippen LogP contribution in [-0.4, -0.2) is 49.3 Å². The quantitative estimate of drug-likeness (QED) is 0.684. The van der Waals surface area contributed by atoms with E-state index in [9.17, 15) is 4.79 Å².